The predicted molar refractivity (Wildman–Crippen MR) is 81.3 cm³/mol. The highest BCUT2D eigenvalue weighted by molar-refractivity contribution is 6.30. The number of carbonyl (C=O) groups excluding carboxylic acids is 1. The van der Waals surface area contributed by atoms with Crippen molar-refractivity contribution in [1.29, 1.82) is 0 Å². The van der Waals surface area contributed by atoms with E-state index in [9.17, 15) is 4.79 Å². The van der Waals surface area contributed by atoms with Gasteiger partial charge in [0.15, 0.2) is 11.5 Å². The van der Waals surface area contributed by atoms with Crippen molar-refractivity contribution in [2.45, 2.75) is 32.2 Å². The molecular formula is C16H17ClN2O2. The van der Waals surface area contributed by atoms with Gasteiger partial charge in [0.05, 0.1) is 0 Å². The van der Waals surface area contributed by atoms with Crippen LogP contribution in [0.4, 0.5) is 0 Å². The molecule has 1 saturated heterocycles. The predicted octanol–water partition coefficient (Wildman–Crippen LogP) is 4.01. The van der Waals surface area contributed by atoms with Crippen LogP contribution in [-0.2, 0) is 0 Å². The van der Waals surface area contributed by atoms with Gasteiger partial charge >= 0.3 is 0 Å². The summed E-state index contributed by atoms with van der Waals surface area (Å²) in [5.41, 5.74) is 1.23. The average Bonchev–Trinajstić information content (AvgIpc) is 2.98. The van der Waals surface area contributed by atoms with Crippen LogP contribution in [0.15, 0.2) is 34.9 Å². The van der Waals surface area contributed by atoms with Crippen LogP contribution in [0.1, 0.15) is 36.7 Å². The number of rotatable bonds is 2. The third kappa shape index (κ3) is 2.95. The van der Waals surface area contributed by atoms with Gasteiger partial charge in [-0.2, -0.15) is 0 Å². The van der Waals surface area contributed by atoms with E-state index in [-0.39, 0.29) is 11.9 Å². The van der Waals surface area contributed by atoms with Gasteiger partial charge in [0, 0.05) is 29.2 Å². The smallest absolute Gasteiger partial charge is 0.276 e. The highest BCUT2D eigenvalue weighted by atomic mass is 35.5. The van der Waals surface area contributed by atoms with Crippen LogP contribution >= 0.6 is 11.6 Å². The van der Waals surface area contributed by atoms with Crippen molar-refractivity contribution in [2.75, 3.05) is 6.54 Å². The minimum Gasteiger partial charge on any atom is -0.355 e. The molecule has 1 unspecified atom stereocenters. The van der Waals surface area contributed by atoms with Gasteiger partial charge in [-0.25, -0.2) is 0 Å². The van der Waals surface area contributed by atoms with Gasteiger partial charge in [0.2, 0.25) is 0 Å². The molecule has 0 saturated carbocycles. The van der Waals surface area contributed by atoms with Crippen molar-refractivity contribution in [3.05, 3.63) is 41.0 Å². The number of carbonyl (C=O) groups is 1. The zero-order chi connectivity index (χ0) is 14.8. The molecule has 0 aliphatic carbocycles. The van der Waals surface area contributed by atoms with E-state index in [1.165, 1.54) is 6.42 Å². The second-order valence-corrected chi connectivity index (χ2v) is 5.86. The van der Waals surface area contributed by atoms with Gasteiger partial charge in [-0.3, -0.25) is 4.79 Å². The summed E-state index contributed by atoms with van der Waals surface area (Å²) in [7, 11) is 0. The molecule has 2 aromatic rings. The lowest BCUT2D eigenvalue weighted by Crippen LogP contribution is -2.42. The Morgan fingerprint density at radius 2 is 2.10 bits per heavy atom. The summed E-state index contributed by atoms with van der Waals surface area (Å²) >= 11 is 5.87. The first-order valence-electron chi connectivity index (χ1n) is 7.19. The van der Waals surface area contributed by atoms with Crippen molar-refractivity contribution in [2.24, 2.45) is 0 Å². The molecular weight excluding hydrogens is 288 g/mol. The van der Waals surface area contributed by atoms with E-state index in [4.69, 9.17) is 16.1 Å². The summed E-state index contributed by atoms with van der Waals surface area (Å²) in [5.74, 6) is 0.533. The molecule has 0 N–H and O–H groups in total. The van der Waals surface area contributed by atoms with Gasteiger partial charge in [-0.05, 0) is 50.5 Å². The first kappa shape index (κ1) is 14.1. The lowest BCUT2D eigenvalue weighted by Gasteiger charge is -2.32. The Morgan fingerprint density at radius 1 is 1.33 bits per heavy atom. The van der Waals surface area contributed by atoms with Crippen LogP contribution in [0.25, 0.3) is 11.3 Å². The average molecular weight is 305 g/mol. The zero-order valence-electron chi connectivity index (χ0n) is 11.9. The second kappa shape index (κ2) is 5.90. The van der Waals surface area contributed by atoms with Crippen molar-refractivity contribution in [1.82, 2.24) is 10.1 Å². The number of nitrogens with zero attached hydrogens (tertiary/aromatic N) is 2. The van der Waals surface area contributed by atoms with E-state index in [2.05, 4.69) is 12.1 Å². The van der Waals surface area contributed by atoms with Crippen molar-refractivity contribution in [3.8, 4) is 11.3 Å². The van der Waals surface area contributed by atoms with Crippen LogP contribution in [0.5, 0.6) is 0 Å². The van der Waals surface area contributed by atoms with Crippen LogP contribution in [-0.4, -0.2) is 28.6 Å². The molecule has 1 amide bonds. The van der Waals surface area contributed by atoms with Crippen LogP contribution in [0.2, 0.25) is 5.02 Å². The summed E-state index contributed by atoms with van der Waals surface area (Å²) in [4.78, 5) is 14.4. The number of amides is 1. The van der Waals surface area contributed by atoms with Gasteiger partial charge in [0.25, 0.3) is 5.91 Å². The fourth-order valence-corrected chi connectivity index (χ4v) is 2.80. The Hall–Kier alpha value is -1.81. The molecule has 0 spiro atoms. The molecule has 1 fully saturated rings. The van der Waals surface area contributed by atoms with E-state index in [0.29, 0.717) is 16.5 Å². The molecule has 5 heteroatoms. The van der Waals surface area contributed by atoms with Crippen molar-refractivity contribution in [3.63, 3.8) is 0 Å². The fourth-order valence-electron chi connectivity index (χ4n) is 2.67. The van der Waals surface area contributed by atoms with Gasteiger partial charge in [-0.1, -0.05) is 16.8 Å². The van der Waals surface area contributed by atoms with Gasteiger partial charge in [0.1, 0.15) is 0 Å². The lowest BCUT2D eigenvalue weighted by molar-refractivity contribution is 0.0625. The Kier molecular flexibility index (Phi) is 3.97. The highest BCUT2D eigenvalue weighted by Crippen LogP contribution is 2.24. The third-order valence-corrected chi connectivity index (χ3v) is 4.17. The molecule has 2 heterocycles. The molecule has 4 nitrogen and oxygen atoms in total. The number of piperidine rings is 1. The standard InChI is InChI=1S/C16H17ClN2O2/c1-11-4-2-3-9-19(11)16(20)14-10-15(21-18-14)12-5-7-13(17)8-6-12/h5-8,10-11H,2-4,9H2,1H3. The monoisotopic (exact) mass is 304 g/mol. The molecule has 1 aromatic carbocycles. The lowest BCUT2D eigenvalue weighted by atomic mass is 10.0. The summed E-state index contributed by atoms with van der Waals surface area (Å²) in [6.45, 7) is 2.88. The van der Waals surface area contributed by atoms with Crippen molar-refractivity contribution >= 4 is 17.5 Å². The SMILES string of the molecule is CC1CCCCN1C(=O)c1cc(-c2ccc(Cl)cc2)on1. The van der Waals surface area contributed by atoms with E-state index in [1.807, 2.05) is 17.0 Å². The van der Waals surface area contributed by atoms with Crippen LogP contribution in [0, 0.1) is 0 Å². The maximum Gasteiger partial charge on any atom is 0.276 e. The quantitative estimate of drug-likeness (QED) is 0.842. The number of benzene rings is 1. The Balaban J connectivity index is 1.81. The molecule has 0 bridgehead atoms. The summed E-state index contributed by atoms with van der Waals surface area (Å²) in [6, 6.07) is 9.23. The molecule has 0 radical (unpaired) electrons. The summed E-state index contributed by atoms with van der Waals surface area (Å²) < 4.78 is 5.30. The minimum atomic E-state index is -0.0498. The third-order valence-electron chi connectivity index (χ3n) is 3.92. The number of aromatic nitrogens is 1. The Morgan fingerprint density at radius 3 is 2.81 bits per heavy atom. The summed E-state index contributed by atoms with van der Waals surface area (Å²) in [5, 5.41) is 4.59. The Bertz CT molecular complexity index is 636. The molecule has 21 heavy (non-hydrogen) atoms. The zero-order valence-corrected chi connectivity index (χ0v) is 12.6. The maximum atomic E-state index is 12.5. The maximum absolute atomic E-state index is 12.5. The number of hydrogen-bond acceptors (Lipinski definition) is 3. The normalized spacial score (nSPS) is 18.8. The number of halogens is 1. The van der Waals surface area contributed by atoms with Crippen LogP contribution < -0.4 is 0 Å². The van der Waals surface area contributed by atoms with E-state index in [1.54, 1.807) is 18.2 Å². The van der Waals surface area contributed by atoms with Gasteiger partial charge in [-0.15, -0.1) is 0 Å². The highest BCUT2D eigenvalue weighted by Gasteiger charge is 2.26. The number of likely N-dealkylation sites (tertiary alicyclic amines) is 1. The van der Waals surface area contributed by atoms with E-state index >= 15 is 0 Å². The second-order valence-electron chi connectivity index (χ2n) is 5.43. The minimum absolute atomic E-state index is 0.0498. The topological polar surface area (TPSA) is 46.3 Å². The molecule has 1 aliphatic heterocycles. The molecule has 1 aromatic heterocycles. The van der Waals surface area contributed by atoms with E-state index in [0.717, 1.165) is 24.9 Å². The van der Waals surface area contributed by atoms with Crippen molar-refractivity contribution < 1.29 is 9.32 Å². The summed E-state index contributed by atoms with van der Waals surface area (Å²) in [6.07, 6.45) is 3.28. The molecule has 110 valence electrons. The first-order chi connectivity index (χ1) is 10.1. The van der Waals surface area contributed by atoms with Crippen LogP contribution in [0.3, 0.4) is 0 Å². The first-order valence-corrected chi connectivity index (χ1v) is 7.56. The molecule has 1 aliphatic rings. The molecule has 3 rings (SSSR count). The Labute approximate surface area is 128 Å². The number of hydrogen-bond donors (Lipinski definition) is 0. The molecule has 1 atom stereocenters. The fraction of sp³-hybridized carbons (Fsp3) is 0.375. The van der Waals surface area contributed by atoms with E-state index < -0.39 is 0 Å². The largest absolute Gasteiger partial charge is 0.355 e. The van der Waals surface area contributed by atoms with Gasteiger partial charge < -0.3 is 9.42 Å².